The van der Waals surface area contributed by atoms with Crippen molar-refractivity contribution in [2.24, 2.45) is 16.5 Å². The highest BCUT2D eigenvalue weighted by atomic mass is 14.9. The fraction of sp³-hybridized carbons (Fsp3) is 0.105. The van der Waals surface area contributed by atoms with Gasteiger partial charge in [-0.2, -0.15) is 0 Å². The van der Waals surface area contributed by atoms with Crippen LogP contribution in [0.1, 0.15) is 76.0 Å². The van der Waals surface area contributed by atoms with Crippen LogP contribution in [0.4, 0.5) is 0 Å². The van der Waals surface area contributed by atoms with Crippen LogP contribution in [-0.4, -0.2) is 12.4 Å². The summed E-state index contributed by atoms with van der Waals surface area (Å²) in [5.74, 6) is 0. The fourth-order valence-corrected chi connectivity index (χ4v) is 8.23. The zero-order valence-electron chi connectivity index (χ0n) is 35.6. The number of allylic oxidation sites excluding steroid dienone is 8. The molecule has 0 bridgehead atoms. The lowest BCUT2D eigenvalue weighted by atomic mass is 9.86. The Balaban J connectivity index is 1.14. The molecule has 0 aliphatic carbocycles. The number of nitrogens with two attached hydrogens (primary N) is 2. The van der Waals surface area contributed by atoms with E-state index in [1.165, 1.54) is 16.7 Å². The lowest BCUT2D eigenvalue weighted by Crippen LogP contribution is -2.21. The molecule has 306 valence electrons. The molecule has 2 aliphatic heterocycles. The van der Waals surface area contributed by atoms with Gasteiger partial charge in [0.15, 0.2) is 0 Å². The average Bonchev–Trinajstić information content (AvgIpc) is 3.33. The maximum Gasteiger partial charge on any atom is 0.0867 e. The molecule has 0 radical (unpaired) electrons. The van der Waals surface area contributed by atoms with Crippen LogP contribution >= 0.6 is 0 Å². The van der Waals surface area contributed by atoms with Crippen molar-refractivity contribution in [2.45, 2.75) is 32.9 Å². The van der Waals surface area contributed by atoms with E-state index in [1.54, 1.807) is 0 Å². The molecular weight excluding hydrogens is 755 g/mol. The van der Waals surface area contributed by atoms with Gasteiger partial charge in [-0.1, -0.05) is 170 Å². The van der Waals surface area contributed by atoms with Crippen LogP contribution in [0.25, 0.3) is 33.7 Å². The van der Waals surface area contributed by atoms with E-state index in [0.29, 0.717) is 0 Å². The number of rotatable bonds is 12. The van der Waals surface area contributed by atoms with E-state index in [4.69, 9.17) is 16.5 Å². The van der Waals surface area contributed by atoms with Crippen LogP contribution < -0.4 is 22.1 Å². The molecule has 2 unspecified atom stereocenters. The number of dihydropyridines is 2. The Bertz CT molecular complexity index is 2780. The number of hydrogen-bond acceptors (Lipinski definition) is 5. The standard InChI is InChI=1S/C57H53N5/c1-4-5-20-52(59)43-26-32-46(33-27-43)55-37-50(42-24-28-44(29-25-42)53-21-11-12-34-60-53)36-54(62-55)45-30-22-41(23-31-45)48-17-13-18-49(35-48)56(51-19-10-9-14-39(51)2)40(3)57(61-38-58)47-15-7-6-8-16-47/h4-37,53,55,60,62H,38,58-59H2,1-3H3/b5-4-,52-20-,56-40+,61-57+. The molecule has 2 atom stereocenters. The van der Waals surface area contributed by atoms with Gasteiger partial charge in [-0.3, -0.25) is 4.99 Å². The van der Waals surface area contributed by atoms with E-state index in [1.807, 2.05) is 55.6 Å². The third kappa shape index (κ3) is 9.29. The second-order valence-corrected chi connectivity index (χ2v) is 15.6. The summed E-state index contributed by atoms with van der Waals surface area (Å²) in [7, 11) is 0. The first-order valence-corrected chi connectivity index (χ1v) is 21.3. The van der Waals surface area contributed by atoms with Crippen LogP contribution in [0.5, 0.6) is 0 Å². The molecule has 5 nitrogen and oxygen atoms in total. The van der Waals surface area contributed by atoms with Crippen molar-refractivity contribution in [1.29, 1.82) is 0 Å². The molecule has 6 N–H and O–H groups in total. The van der Waals surface area contributed by atoms with E-state index in [-0.39, 0.29) is 18.8 Å². The number of aliphatic imine (C=N–C) groups is 1. The van der Waals surface area contributed by atoms with E-state index >= 15 is 0 Å². The first kappa shape index (κ1) is 41.3. The highest BCUT2D eigenvalue weighted by Crippen LogP contribution is 2.36. The molecule has 6 aromatic rings. The second kappa shape index (κ2) is 19.3. The monoisotopic (exact) mass is 807 g/mol. The van der Waals surface area contributed by atoms with Gasteiger partial charge in [0.05, 0.1) is 24.5 Å². The summed E-state index contributed by atoms with van der Waals surface area (Å²) >= 11 is 0. The van der Waals surface area contributed by atoms with Crippen LogP contribution in [-0.2, 0) is 0 Å². The van der Waals surface area contributed by atoms with Gasteiger partial charge in [0.25, 0.3) is 0 Å². The van der Waals surface area contributed by atoms with Crippen LogP contribution in [0.15, 0.2) is 217 Å². The molecule has 6 aromatic carbocycles. The molecule has 62 heavy (non-hydrogen) atoms. The van der Waals surface area contributed by atoms with Crippen molar-refractivity contribution >= 4 is 28.3 Å². The molecule has 5 heteroatoms. The van der Waals surface area contributed by atoms with Crippen LogP contribution in [0, 0.1) is 6.92 Å². The summed E-state index contributed by atoms with van der Waals surface area (Å²) in [6, 6.07) is 54.1. The Kier molecular flexibility index (Phi) is 12.8. The maximum atomic E-state index is 6.39. The number of nitrogens with zero attached hydrogens (tertiary/aromatic N) is 1. The molecule has 0 fully saturated rings. The maximum absolute atomic E-state index is 6.39. The van der Waals surface area contributed by atoms with Crippen molar-refractivity contribution < 1.29 is 0 Å². The summed E-state index contributed by atoms with van der Waals surface area (Å²) in [6.45, 7) is 6.52. The van der Waals surface area contributed by atoms with Crippen molar-refractivity contribution in [1.82, 2.24) is 10.6 Å². The van der Waals surface area contributed by atoms with Gasteiger partial charge >= 0.3 is 0 Å². The Labute approximate surface area is 366 Å². The van der Waals surface area contributed by atoms with Gasteiger partial charge in [-0.05, 0) is 130 Å². The van der Waals surface area contributed by atoms with Gasteiger partial charge in [0.2, 0.25) is 0 Å². The molecule has 0 saturated heterocycles. The minimum Gasteiger partial charge on any atom is -0.398 e. The van der Waals surface area contributed by atoms with E-state index in [9.17, 15) is 0 Å². The molecule has 0 aromatic heterocycles. The van der Waals surface area contributed by atoms with Crippen molar-refractivity contribution in [3.8, 4) is 11.1 Å². The third-order valence-electron chi connectivity index (χ3n) is 11.5. The molecule has 2 aliphatic rings. The summed E-state index contributed by atoms with van der Waals surface area (Å²) in [4.78, 5) is 4.83. The molecule has 0 spiro atoms. The summed E-state index contributed by atoms with van der Waals surface area (Å²) < 4.78 is 0. The highest BCUT2D eigenvalue weighted by molar-refractivity contribution is 6.18. The zero-order chi connectivity index (χ0) is 42.8. The SMILES string of the molecule is C/C=C\C=C(/N)c1ccc(C2C=C(c3ccc(C4C=CC=CN4)cc3)C=C(c3ccc(-c4cccc(/C(=C(C)\C(=N/CN)c5ccccc5)c5ccccc5C)c4)cc3)N2)cc1. The Morgan fingerprint density at radius 1 is 0.677 bits per heavy atom. The molecule has 0 saturated carbocycles. The smallest absolute Gasteiger partial charge is 0.0867 e. The third-order valence-corrected chi connectivity index (χ3v) is 11.5. The largest absolute Gasteiger partial charge is 0.398 e. The lowest BCUT2D eigenvalue weighted by Gasteiger charge is -2.26. The number of aryl methyl sites for hydroxylation is 1. The minimum atomic E-state index is -0.0533. The fourth-order valence-electron chi connectivity index (χ4n) is 8.23. The molecular formula is C57H53N5. The van der Waals surface area contributed by atoms with E-state index in [0.717, 1.165) is 78.3 Å². The molecule has 2 heterocycles. The van der Waals surface area contributed by atoms with Crippen LogP contribution in [0.3, 0.4) is 0 Å². The predicted molar refractivity (Wildman–Crippen MR) is 263 cm³/mol. The second-order valence-electron chi connectivity index (χ2n) is 15.6. The normalized spacial score (nSPS) is 16.9. The van der Waals surface area contributed by atoms with Gasteiger partial charge in [0.1, 0.15) is 0 Å². The Morgan fingerprint density at radius 3 is 2.06 bits per heavy atom. The predicted octanol–water partition coefficient (Wildman–Crippen LogP) is 12.2. The first-order chi connectivity index (χ1) is 30.4. The molecule has 0 amide bonds. The van der Waals surface area contributed by atoms with Crippen molar-refractivity contribution in [3.05, 3.63) is 262 Å². The van der Waals surface area contributed by atoms with Gasteiger partial charge in [-0.25, -0.2) is 0 Å². The number of benzene rings is 6. The first-order valence-electron chi connectivity index (χ1n) is 21.3. The number of nitrogens with one attached hydrogen (secondary N) is 2. The van der Waals surface area contributed by atoms with Crippen LogP contribution in [0.2, 0.25) is 0 Å². The average molecular weight is 808 g/mol. The van der Waals surface area contributed by atoms with Gasteiger partial charge < -0.3 is 22.1 Å². The van der Waals surface area contributed by atoms with E-state index in [2.05, 4.69) is 182 Å². The summed E-state index contributed by atoms with van der Waals surface area (Å²) in [5, 5.41) is 7.30. The van der Waals surface area contributed by atoms with Crippen molar-refractivity contribution in [3.63, 3.8) is 0 Å². The summed E-state index contributed by atoms with van der Waals surface area (Å²) in [5.41, 5.74) is 31.0. The quantitative estimate of drug-likeness (QED) is 0.0732. The molecule has 8 rings (SSSR count). The van der Waals surface area contributed by atoms with Crippen molar-refractivity contribution in [2.75, 3.05) is 6.67 Å². The van der Waals surface area contributed by atoms with E-state index < -0.39 is 0 Å². The van der Waals surface area contributed by atoms with Gasteiger partial charge in [0, 0.05) is 17.0 Å². The Hall–Kier alpha value is -7.47. The lowest BCUT2D eigenvalue weighted by molar-refractivity contribution is 0.746. The highest BCUT2D eigenvalue weighted by Gasteiger charge is 2.21. The topological polar surface area (TPSA) is 88.5 Å². The Morgan fingerprint density at radius 2 is 1.35 bits per heavy atom. The number of hydrogen-bond donors (Lipinski definition) is 4. The van der Waals surface area contributed by atoms with Gasteiger partial charge in [-0.15, -0.1) is 0 Å². The zero-order valence-corrected chi connectivity index (χ0v) is 35.6. The minimum absolute atomic E-state index is 0.0533. The summed E-state index contributed by atoms with van der Waals surface area (Å²) in [6.07, 6.45) is 18.7.